The minimum Gasteiger partial charge on any atom is -0.395 e. The summed E-state index contributed by atoms with van der Waals surface area (Å²) in [5.74, 6) is 0.174. The molecule has 0 spiro atoms. The number of hydrogen-bond donors (Lipinski definition) is 1. The van der Waals surface area contributed by atoms with E-state index in [1.807, 2.05) is 0 Å². The molecule has 0 unspecified atom stereocenters. The van der Waals surface area contributed by atoms with E-state index in [0.717, 1.165) is 13.1 Å². The van der Waals surface area contributed by atoms with Gasteiger partial charge in [-0.15, -0.1) is 0 Å². The molecule has 0 amide bonds. The topological polar surface area (TPSA) is 60.9 Å². The highest BCUT2D eigenvalue weighted by Crippen LogP contribution is 2.07. The molecular weight excluding hydrogens is 204 g/mol. The zero-order valence-electron chi connectivity index (χ0n) is 8.52. The van der Waals surface area contributed by atoms with Gasteiger partial charge in [0.25, 0.3) is 0 Å². The smallest absolute Gasteiger partial charge is 0.213 e. The van der Waals surface area contributed by atoms with Gasteiger partial charge in [-0.25, -0.2) is 8.42 Å². The minimum atomic E-state index is -3.02. The molecule has 1 fully saturated rings. The number of rotatable bonds is 4. The van der Waals surface area contributed by atoms with E-state index < -0.39 is 10.0 Å². The molecule has 0 saturated carbocycles. The molecule has 1 saturated heterocycles. The lowest BCUT2D eigenvalue weighted by atomic mass is 10.4. The Bertz CT molecular complexity index is 258. The minimum absolute atomic E-state index is 0.139. The molecule has 0 aromatic rings. The van der Waals surface area contributed by atoms with Crippen molar-refractivity contribution in [1.82, 2.24) is 9.21 Å². The van der Waals surface area contributed by atoms with Gasteiger partial charge in [0.15, 0.2) is 0 Å². The molecule has 1 aliphatic rings. The fourth-order valence-electron chi connectivity index (χ4n) is 1.56. The molecule has 1 N–H and O–H groups in total. The molecular formula is C8H18N2O3S. The first-order valence-corrected chi connectivity index (χ1v) is 6.52. The summed E-state index contributed by atoms with van der Waals surface area (Å²) in [6.45, 7) is 4.99. The molecule has 0 radical (unpaired) electrons. The van der Waals surface area contributed by atoms with Crippen molar-refractivity contribution >= 4 is 10.0 Å². The van der Waals surface area contributed by atoms with Crippen molar-refractivity contribution in [2.75, 3.05) is 45.1 Å². The molecule has 5 nitrogen and oxygen atoms in total. The first-order chi connectivity index (χ1) is 6.60. The summed E-state index contributed by atoms with van der Waals surface area (Å²) in [6, 6.07) is 0. The Morgan fingerprint density at radius 2 is 1.79 bits per heavy atom. The highest BCUT2D eigenvalue weighted by molar-refractivity contribution is 7.89. The van der Waals surface area contributed by atoms with Crippen LogP contribution in [0.1, 0.15) is 6.92 Å². The van der Waals surface area contributed by atoms with Gasteiger partial charge in [0, 0.05) is 32.7 Å². The van der Waals surface area contributed by atoms with E-state index in [9.17, 15) is 8.42 Å². The monoisotopic (exact) mass is 222 g/mol. The number of hydrogen-bond acceptors (Lipinski definition) is 4. The average Bonchev–Trinajstić information content (AvgIpc) is 2.19. The van der Waals surface area contributed by atoms with Crippen LogP contribution < -0.4 is 0 Å². The van der Waals surface area contributed by atoms with E-state index in [-0.39, 0.29) is 12.4 Å². The average molecular weight is 222 g/mol. The Labute approximate surface area is 85.4 Å². The van der Waals surface area contributed by atoms with Gasteiger partial charge in [-0.2, -0.15) is 4.31 Å². The molecule has 0 aromatic heterocycles. The lowest BCUT2D eigenvalue weighted by Gasteiger charge is -2.33. The van der Waals surface area contributed by atoms with Crippen molar-refractivity contribution in [2.45, 2.75) is 6.92 Å². The van der Waals surface area contributed by atoms with Crippen molar-refractivity contribution in [3.8, 4) is 0 Å². The predicted octanol–water partition coefficient (Wildman–Crippen LogP) is -1.05. The second-order valence-electron chi connectivity index (χ2n) is 3.36. The summed E-state index contributed by atoms with van der Waals surface area (Å²) in [5, 5.41) is 8.72. The van der Waals surface area contributed by atoms with Crippen molar-refractivity contribution in [1.29, 1.82) is 0 Å². The van der Waals surface area contributed by atoms with Crippen LogP contribution in [0.15, 0.2) is 0 Å². The molecule has 6 heteroatoms. The number of sulfonamides is 1. The Hall–Kier alpha value is -0.170. The third kappa shape index (κ3) is 2.91. The molecule has 0 aromatic carbocycles. The molecule has 1 aliphatic heterocycles. The van der Waals surface area contributed by atoms with Crippen molar-refractivity contribution in [3.05, 3.63) is 0 Å². The number of aliphatic hydroxyl groups is 1. The van der Waals surface area contributed by atoms with Crippen LogP contribution in [0, 0.1) is 0 Å². The van der Waals surface area contributed by atoms with E-state index in [1.54, 1.807) is 6.92 Å². The Morgan fingerprint density at radius 3 is 2.21 bits per heavy atom. The number of β-amino-alcohol motifs (C(OH)–C–C–N with tert-alkyl or cyclic N) is 1. The summed E-state index contributed by atoms with van der Waals surface area (Å²) in [5.41, 5.74) is 0. The van der Waals surface area contributed by atoms with Crippen LogP contribution in [-0.2, 0) is 10.0 Å². The fourth-order valence-corrected chi connectivity index (χ4v) is 2.64. The second kappa shape index (κ2) is 5.06. The summed E-state index contributed by atoms with van der Waals surface area (Å²) >= 11 is 0. The maximum atomic E-state index is 11.5. The van der Waals surface area contributed by atoms with Crippen molar-refractivity contribution < 1.29 is 13.5 Å². The molecule has 1 rings (SSSR count). The Morgan fingerprint density at radius 1 is 1.21 bits per heavy atom. The van der Waals surface area contributed by atoms with Gasteiger partial charge < -0.3 is 5.11 Å². The van der Waals surface area contributed by atoms with Crippen LogP contribution in [0.5, 0.6) is 0 Å². The van der Waals surface area contributed by atoms with Gasteiger partial charge in [-0.3, -0.25) is 4.90 Å². The highest BCUT2D eigenvalue weighted by Gasteiger charge is 2.24. The SMILES string of the molecule is CCS(=O)(=O)N1CCN(CCO)CC1. The number of nitrogens with zero attached hydrogens (tertiary/aromatic N) is 2. The first kappa shape index (κ1) is 11.9. The first-order valence-electron chi connectivity index (χ1n) is 4.91. The quantitative estimate of drug-likeness (QED) is 0.659. The highest BCUT2D eigenvalue weighted by atomic mass is 32.2. The summed E-state index contributed by atoms with van der Waals surface area (Å²) in [7, 11) is -3.02. The van der Waals surface area contributed by atoms with Gasteiger partial charge in [-0.05, 0) is 6.92 Å². The summed E-state index contributed by atoms with van der Waals surface area (Å²) in [6.07, 6.45) is 0. The lowest BCUT2D eigenvalue weighted by Crippen LogP contribution is -2.49. The Kier molecular flexibility index (Phi) is 4.31. The maximum absolute atomic E-state index is 11.5. The lowest BCUT2D eigenvalue weighted by molar-refractivity contribution is 0.151. The predicted molar refractivity (Wildman–Crippen MR) is 54.6 cm³/mol. The van der Waals surface area contributed by atoms with Gasteiger partial charge in [0.1, 0.15) is 0 Å². The van der Waals surface area contributed by atoms with Crippen LogP contribution in [0.3, 0.4) is 0 Å². The standard InChI is InChI=1S/C8H18N2O3S/c1-2-14(12,13)10-5-3-9(4-6-10)7-8-11/h11H,2-8H2,1H3. The van der Waals surface area contributed by atoms with Crippen LogP contribution >= 0.6 is 0 Å². The van der Waals surface area contributed by atoms with Gasteiger partial charge in [-0.1, -0.05) is 0 Å². The molecule has 84 valence electrons. The molecule has 0 bridgehead atoms. The van der Waals surface area contributed by atoms with Gasteiger partial charge in [0.05, 0.1) is 12.4 Å². The Balaban J connectivity index is 2.43. The summed E-state index contributed by atoms with van der Waals surface area (Å²) < 4.78 is 24.5. The molecule has 1 heterocycles. The van der Waals surface area contributed by atoms with Crippen molar-refractivity contribution in [2.24, 2.45) is 0 Å². The van der Waals surface area contributed by atoms with Crippen molar-refractivity contribution in [3.63, 3.8) is 0 Å². The normalized spacial score (nSPS) is 21.3. The van der Waals surface area contributed by atoms with E-state index in [4.69, 9.17) is 5.11 Å². The van der Waals surface area contributed by atoms with E-state index in [1.165, 1.54) is 4.31 Å². The van der Waals surface area contributed by atoms with E-state index >= 15 is 0 Å². The number of piperazine rings is 1. The molecule has 14 heavy (non-hydrogen) atoms. The molecule has 0 atom stereocenters. The third-order valence-corrected chi connectivity index (χ3v) is 4.39. The fraction of sp³-hybridized carbons (Fsp3) is 1.00. The molecule has 0 aliphatic carbocycles. The van der Waals surface area contributed by atoms with Gasteiger partial charge >= 0.3 is 0 Å². The van der Waals surface area contributed by atoms with E-state index in [0.29, 0.717) is 19.6 Å². The summed E-state index contributed by atoms with van der Waals surface area (Å²) in [4.78, 5) is 2.07. The second-order valence-corrected chi connectivity index (χ2v) is 5.62. The largest absolute Gasteiger partial charge is 0.395 e. The van der Waals surface area contributed by atoms with Crippen LogP contribution in [0.25, 0.3) is 0 Å². The van der Waals surface area contributed by atoms with Gasteiger partial charge in [0.2, 0.25) is 10.0 Å². The van der Waals surface area contributed by atoms with Crippen LogP contribution in [-0.4, -0.2) is 67.8 Å². The van der Waals surface area contributed by atoms with E-state index in [2.05, 4.69) is 4.90 Å². The third-order valence-electron chi connectivity index (χ3n) is 2.51. The zero-order valence-corrected chi connectivity index (χ0v) is 9.33. The maximum Gasteiger partial charge on any atom is 0.213 e. The number of aliphatic hydroxyl groups excluding tert-OH is 1. The zero-order chi connectivity index (χ0) is 10.6. The van der Waals surface area contributed by atoms with Crippen LogP contribution in [0.4, 0.5) is 0 Å². The van der Waals surface area contributed by atoms with Crippen LogP contribution in [0.2, 0.25) is 0 Å².